The molecular formula is C8H9N3O2S. The highest BCUT2D eigenvalue weighted by molar-refractivity contribution is 7.71. The van der Waals surface area contributed by atoms with E-state index in [0.29, 0.717) is 11.9 Å². The van der Waals surface area contributed by atoms with Gasteiger partial charge in [-0.25, -0.2) is 4.79 Å². The number of rotatable bonds is 3. The van der Waals surface area contributed by atoms with Gasteiger partial charge in [-0.15, -0.1) is 0 Å². The summed E-state index contributed by atoms with van der Waals surface area (Å²) in [5.74, 6) is -0.494. The first-order valence-electron chi connectivity index (χ1n) is 4.26. The van der Waals surface area contributed by atoms with Crippen molar-refractivity contribution in [2.45, 2.75) is 18.9 Å². The van der Waals surface area contributed by atoms with Gasteiger partial charge in [0.1, 0.15) is 10.5 Å². The number of carboxylic acid groups (broad SMARTS) is 1. The Morgan fingerprint density at radius 3 is 3.00 bits per heavy atom. The Balaban J connectivity index is 2.29. The van der Waals surface area contributed by atoms with Gasteiger partial charge < -0.3 is 10.4 Å². The van der Waals surface area contributed by atoms with Gasteiger partial charge in [-0.2, -0.15) is 5.10 Å². The SMILES string of the molecule is O=C(O)c1cc(NC2CC2)n[nH]c1=S. The summed E-state index contributed by atoms with van der Waals surface area (Å²) in [6, 6.07) is 1.90. The molecule has 74 valence electrons. The topological polar surface area (TPSA) is 78.0 Å². The van der Waals surface area contributed by atoms with Crippen molar-refractivity contribution in [3.8, 4) is 0 Å². The molecule has 6 heteroatoms. The van der Waals surface area contributed by atoms with Crippen LogP contribution in [0.3, 0.4) is 0 Å². The highest BCUT2D eigenvalue weighted by atomic mass is 32.1. The molecule has 0 atom stereocenters. The third-order valence-electron chi connectivity index (χ3n) is 1.96. The van der Waals surface area contributed by atoms with Crippen LogP contribution >= 0.6 is 12.2 Å². The van der Waals surface area contributed by atoms with Crippen molar-refractivity contribution in [3.05, 3.63) is 16.3 Å². The van der Waals surface area contributed by atoms with Crippen molar-refractivity contribution in [2.24, 2.45) is 0 Å². The van der Waals surface area contributed by atoms with Gasteiger partial charge in [0, 0.05) is 6.04 Å². The Morgan fingerprint density at radius 2 is 2.43 bits per heavy atom. The number of aromatic nitrogens is 2. The van der Waals surface area contributed by atoms with E-state index in [9.17, 15) is 4.79 Å². The van der Waals surface area contributed by atoms with Crippen molar-refractivity contribution < 1.29 is 9.90 Å². The van der Waals surface area contributed by atoms with Crippen molar-refractivity contribution >= 4 is 24.0 Å². The van der Waals surface area contributed by atoms with Crippen LogP contribution < -0.4 is 5.32 Å². The molecule has 1 fully saturated rings. The second-order valence-corrected chi connectivity index (χ2v) is 3.63. The Morgan fingerprint density at radius 1 is 1.71 bits per heavy atom. The van der Waals surface area contributed by atoms with Crippen LogP contribution in [0.5, 0.6) is 0 Å². The summed E-state index contributed by atoms with van der Waals surface area (Å²) >= 11 is 4.79. The average Bonchev–Trinajstić information content (AvgIpc) is 2.92. The molecule has 5 nitrogen and oxygen atoms in total. The van der Waals surface area contributed by atoms with E-state index in [-0.39, 0.29) is 10.2 Å². The Hall–Kier alpha value is -1.43. The van der Waals surface area contributed by atoms with Crippen LogP contribution in [0.2, 0.25) is 0 Å². The van der Waals surface area contributed by atoms with Gasteiger partial charge in [-0.3, -0.25) is 5.10 Å². The largest absolute Gasteiger partial charge is 0.478 e. The van der Waals surface area contributed by atoms with Gasteiger partial charge in [0.05, 0.1) is 5.56 Å². The highest BCUT2D eigenvalue weighted by Crippen LogP contribution is 2.23. The van der Waals surface area contributed by atoms with Crippen molar-refractivity contribution in [1.82, 2.24) is 10.2 Å². The molecule has 1 heterocycles. The molecule has 0 aliphatic heterocycles. The summed E-state index contributed by atoms with van der Waals surface area (Å²) in [6.45, 7) is 0. The van der Waals surface area contributed by atoms with E-state index < -0.39 is 5.97 Å². The first kappa shape index (κ1) is 9.14. The number of hydrogen-bond acceptors (Lipinski definition) is 4. The Labute approximate surface area is 85.2 Å². The van der Waals surface area contributed by atoms with Crippen LogP contribution in [0.4, 0.5) is 5.82 Å². The van der Waals surface area contributed by atoms with Gasteiger partial charge in [0.2, 0.25) is 0 Å². The smallest absolute Gasteiger partial charge is 0.338 e. The van der Waals surface area contributed by atoms with E-state index in [1.807, 2.05) is 0 Å². The minimum absolute atomic E-state index is 0.0816. The molecule has 0 aromatic carbocycles. The maximum atomic E-state index is 10.7. The first-order valence-corrected chi connectivity index (χ1v) is 4.67. The van der Waals surface area contributed by atoms with E-state index in [1.54, 1.807) is 0 Å². The van der Waals surface area contributed by atoms with Crippen LogP contribution in [-0.2, 0) is 0 Å². The zero-order valence-electron chi connectivity index (χ0n) is 7.28. The molecule has 1 aliphatic rings. The summed E-state index contributed by atoms with van der Waals surface area (Å²) in [4.78, 5) is 10.7. The third-order valence-corrected chi connectivity index (χ3v) is 2.27. The number of carboxylic acids is 1. The number of H-pyrrole nitrogens is 1. The standard InChI is InChI=1S/C8H9N3O2S/c12-8(13)5-3-6(9-4-1-2-4)10-11-7(5)14/h3-4H,1-2H2,(H,9,10)(H,11,14)(H,12,13). The number of aromatic amines is 1. The monoisotopic (exact) mass is 211 g/mol. The molecule has 0 amide bonds. The molecule has 1 aliphatic carbocycles. The maximum Gasteiger partial charge on any atom is 0.338 e. The predicted molar refractivity (Wildman–Crippen MR) is 53.0 cm³/mol. The molecule has 0 radical (unpaired) electrons. The summed E-state index contributed by atoms with van der Waals surface area (Å²) in [7, 11) is 0. The summed E-state index contributed by atoms with van der Waals surface area (Å²) in [5.41, 5.74) is 0.0816. The normalized spacial score (nSPS) is 15.1. The van der Waals surface area contributed by atoms with Gasteiger partial charge in [-0.1, -0.05) is 12.2 Å². The molecule has 0 spiro atoms. The number of nitrogens with zero attached hydrogens (tertiary/aromatic N) is 1. The quantitative estimate of drug-likeness (QED) is 0.659. The lowest BCUT2D eigenvalue weighted by molar-refractivity contribution is 0.0695. The molecule has 14 heavy (non-hydrogen) atoms. The molecule has 3 N–H and O–H groups in total. The van der Waals surface area contributed by atoms with E-state index in [2.05, 4.69) is 15.5 Å². The molecule has 0 unspecified atom stereocenters. The molecule has 0 bridgehead atoms. The number of carbonyl (C=O) groups is 1. The van der Waals surface area contributed by atoms with Crippen LogP contribution in [0.15, 0.2) is 6.07 Å². The van der Waals surface area contributed by atoms with Gasteiger partial charge in [-0.05, 0) is 18.9 Å². The fourth-order valence-electron chi connectivity index (χ4n) is 1.08. The number of aromatic carboxylic acids is 1. The van der Waals surface area contributed by atoms with Crippen molar-refractivity contribution in [1.29, 1.82) is 0 Å². The lowest BCUT2D eigenvalue weighted by atomic mass is 10.3. The Bertz CT molecular complexity index is 425. The molecule has 2 rings (SSSR count). The van der Waals surface area contributed by atoms with E-state index in [0.717, 1.165) is 12.8 Å². The average molecular weight is 211 g/mol. The van der Waals surface area contributed by atoms with Gasteiger partial charge in [0.15, 0.2) is 0 Å². The fourth-order valence-corrected chi connectivity index (χ4v) is 1.27. The second-order valence-electron chi connectivity index (χ2n) is 3.22. The molecule has 1 aromatic rings. The van der Waals surface area contributed by atoms with Crippen molar-refractivity contribution in [2.75, 3.05) is 5.32 Å². The summed E-state index contributed by atoms with van der Waals surface area (Å²) in [5, 5.41) is 18.3. The van der Waals surface area contributed by atoms with Crippen LogP contribution in [0.1, 0.15) is 23.2 Å². The predicted octanol–water partition coefficient (Wildman–Crippen LogP) is 1.41. The van der Waals surface area contributed by atoms with Crippen molar-refractivity contribution in [3.63, 3.8) is 0 Å². The molecule has 1 saturated carbocycles. The number of nitrogens with one attached hydrogen (secondary N) is 2. The first-order chi connectivity index (χ1) is 6.66. The third kappa shape index (κ3) is 1.90. The lowest BCUT2D eigenvalue weighted by Crippen LogP contribution is -2.07. The Kier molecular flexibility index (Phi) is 2.20. The number of hydrogen-bond donors (Lipinski definition) is 3. The molecule has 1 aromatic heterocycles. The summed E-state index contributed by atoms with van der Waals surface area (Å²) < 4.78 is 0.152. The fraction of sp³-hybridized carbons (Fsp3) is 0.375. The van der Waals surface area contributed by atoms with Gasteiger partial charge >= 0.3 is 5.97 Å². The maximum absolute atomic E-state index is 10.7. The number of anilines is 1. The van der Waals surface area contributed by atoms with E-state index >= 15 is 0 Å². The molecule has 0 saturated heterocycles. The summed E-state index contributed by atoms with van der Waals surface area (Å²) in [6.07, 6.45) is 2.22. The van der Waals surface area contributed by atoms with Crippen LogP contribution in [0, 0.1) is 4.64 Å². The van der Waals surface area contributed by atoms with E-state index in [4.69, 9.17) is 17.3 Å². The van der Waals surface area contributed by atoms with E-state index in [1.165, 1.54) is 6.07 Å². The van der Waals surface area contributed by atoms with Gasteiger partial charge in [0.25, 0.3) is 0 Å². The zero-order chi connectivity index (χ0) is 10.1. The molecular weight excluding hydrogens is 202 g/mol. The highest BCUT2D eigenvalue weighted by Gasteiger charge is 2.21. The second kappa shape index (κ2) is 3.38. The van der Waals surface area contributed by atoms with Crippen LogP contribution in [0.25, 0.3) is 0 Å². The minimum Gasteiger partial charge on any atom is -0.478 e. The zero-order valence-corrected chi connectivity index (χ0v) is 8.10. The minimum atomic E-state index is -1.03. The van der Waals surface area contributed by atoms with Crippen LogP contribution in [-0.4, -0.2) is 27.3 Å². The lowest BCUT2D eigenvalue weighted by Gasteiger charge is -2.03.